The molecular weight excluding hydrogens is 434 g/mol. The number of likely N-dealkylation sites (N-methyl/N-ethyl adjacent to an activating group) is 1. The highest BCUT2D eigenvalue weighted by atomic mass is 32.1. The number of nitrogens with one attached hydrogen (secondary N) is 2. The molecule has 170 valence electrons. The molecule has 0 spiro atoms. The van der Waals surface area contributed by atoms with Gasteiger partial charge in [-0.15, -0.1) is 11.3 Å². The van der Waals surface area contributed by atoms with Gasteiger partial charge in [0.05, 0.1) is 21.8 Å². The summed E-state index contributed by atoms with van der Waals surface area (Å²) >= 11 is 1.61. The molecule has 4 heterocycles. The highest BCUT2D eigenvalue weighted by Crippen LogP contribution is 2.37. The summed E-state index contributed by atoms with van der Waals surface area (Å²) in [4.78, 5) is 38.1. The normalized spacial score (nSPS) is 17.5. The third-order valence-corrected chi connectivity index (χ3v) is 7.26. The number of H-pyrrole nitrogens is 1. The predicted molar refractivity (Wildman–Crippen MR) is 132 cm³/mol. The largest absolute Gasteiger partial charge is 0.358 e. The van der Waals surface area contributed by atoms with Crippen LogP contribution in [0.2, 0.25) is 0 Å². The van der Waals surface area contributed by atoms with E-state index in [1.807, 2.05) is 55.3 Å². The average molecular weight is 462 g/mol. The van der Waals surface area contributed by atoms with Crippen molar-refractivity contribution in [1.82, 2.24) is 19.8 Å². The SMILES string of the molecule is Cc1nc(-c2ccc3c(c2)/C(=C/c2[nH]c(C)c(C(=O)N4CCN(C)CC4)c2C)C(=O)N3)cs1. The molecule has 2 aromatic heterocycles. The van der Waals surface area contributed by atoms with Crippen molar-refractivity contribution in [3.05, 3.63) is 56.7 Å². The summed E-state index contributed by atoms with van der Waals surface area (Å²) in [6, 6.07) is 5.91. The third kappa shape index (κ3) is 3.89. The van der Waals surface area contributed by atoms with Gasteiger partial charge in [0.25, 0.3) is 11.8 Å². The van der Waals surface area contributed by atoms with E-state index in [0.717, 1.165) is 70.6 Å². The topological polar surface area (TPSA) is 81.3 Å². The Bertz CT molecular complexity index is 1290. The zero-order valence-electron chi connectivity index (χ0n) is 19.3. The Morgan fingerprint density at radius 3 is 2.61 bits per heavy atom. The Balaban J connectivity index is 1.50. The number of aromatic nitrogens is 2. The molecule has 33 heavy (non-hydrogen) atoms. The van der Waals surface area contributed by atoms with Gasteiger partial charge in [0.15, 0.2) is 0 Å². The monoisotopic (exact) mass is 461 g/mol. The Hall–Kier alpha value is -3.23. The maximum Gasteiger partial charge on any atom is 0.256 e. The van der Waals surface area contributed by atoms with Gasteiger partial charge in [-0.05, 0) is 51.6 Å². The van der Waals surface area contributed by atoms with Crippen LogP contribution in [0.25, 0.3) is 22.9 Å². The van der Waals surface area contributed by atoms with Crippen molar-refractivity contribution in [3.63, 3.8) is 0 Å². The van der Waals surface area contributed by atoms with Crippen molar-refractivity contribution in [2.24, 2.45) is 0 Å². The fraction of sp³-hybridized carbons (Fsp3) is 0.320. The molecule has 0 bridgehead atoms. The van der Waals surface area contributed by atoms with Gasteiger partial charge in [-0.2, -0.15) is 0 Å². The number of rotatable bonds is 3. The molecule has 0 unspecified atom stereocenters. The highest BCUT2D eigenvalue weighted by Gasteiger charge is 2.28. The number of amides is 2. The first-order valence-electron chi connectivity index (χ1n) is 11.1. The second kappa shape index (κ2) is 8.28. The van der Waals surface area contributed by atoms with Gasteiger partial charge in [0.1, 0.15) is 0 Å². The van der Waals surface area contributed by atoms with Crippen LogP contribution in [-0.2, 0) is 4.79 Å². The fourth-order valence-electron chi connectivity index (χ4n) is 4.54. The van der Waals surface area contributed by atoms with Gasteiger partial charge >= 0.3 is 0 Å². The molecule has 7 nitrogen and oxygen atoms in total. The molecule has 0 radical (unpaired) electrons. The summed E-state index contributed by atoms with van der Waals surface area (Å²) in [5.41, 5.74) is 7.30. The van der Waals surface area contributed by atoms with Gasteiger partial charge in [0.2, 0.25) is 0 Å². The van der Waals surface area contributed by atoms with Crippen LogP contribution in [-0.4, -0.2) is 64.8 Å². The number of benzene rings is 1. The summed E-state index contributed by atoms with van der Waals surface area (Å²) in [5, 5.41) is 5.98. The van der Waals surface area contributed by atoms with E-state index in [-0.39, 0.29) is 11.8 Å². The number of aromatic amines is 1. The molecule has 0 saturated carbocycles. The zero-order valence-corrected chi connectivity index (χ0v) is 20.1. The van der Waals surface area contributed by atoms with Crippen LogP contribution in [0.3, 0.4) is 0 Å². The molecule has 2 aliphatic heterocycles. The van der Waals surface area contributed by atoms with E-state index in [0.29, 0.717) is 11.1 Å². The van der Waals surface area contributed by atoms with E-state index in [2.05, 4.69) is 27.2 Å². The van der Waals surface area contributed by atoms with Crippen molar-refractivity contribution in [2.45, 2.75) is 20.8 Å². The molecule has 0 atom stereocenters. The fourth-order valence-corrected chi connectivity index (χ4v) is 5.16. The van der Waals surface area contributed by atoms with E-state index in [1.165, 1.54) is 0 Å². The standard InChI is InChI=1S/C25H27N5O2S/c1-14-21(26-15(2)23(14)25(32)30-9-7-29(4)8-10-30)12-19-18-11-17(22-13-33-16(3)27-22)5-6-20(18)28-24(19)31/h5-6,11-13,26H,7-10H2,1-4H3,(H,28,31)/b19-12-. The van der Waals surface area contributed by atoms with Crippen LogP contribution < -0.4 is 5.32 Å². The van der Waals surface area contributed by atoms with Crippen molar-refractivity contribution in [1.29, 1.82) is 0 Å². The molecule has 5 rings (SSSR count). The van der Waals surface area contributed by atoms with Gasteiger partial charge in [-0.3, -0.25) is 9.59 Å². The van der Waals surface area contributed by atoms with E-state index >= 15 is 0 Å². The van der Waals surface area contributed by atoms with Gasteiger partial charge in [-0.1, -0.05) is 6.07 Å². The minimum atomic E-state index is -0.143. The lowest BCUT2D eigenvalue weighted by Crippen LogP contribution is -2.47. The first-order valence-corrected chi connectivity index (χ1v) is 12.0. The molecule has 2 aliphatic rings. The second-order valence-electron chi connectivity index (χ2n) is 8.78. The Kier molecular flexibility index (Phi) is 5.42. The lowest BCUT2D eigenvalue weighted by atomic mass is 10.0. The molecule has 1 saturated heterocycles. The molecule has 2 amide bonds. The molecular formula is C25H27N5O2S. The number of thiazole rings is 1. The van der Waals surface area contributed by atoms with Gasteiger partial charge in [0, 0.05) is 59.8 Å². The Labute approximate surface area is 197 Å². The molecule has 8 heteroatoms. The number of fused-ring (bicyclic) bond motifs is 1. The average Bonchev–Trinajstić information content (AvgIpc) is 3.44. The lowest BCUT2D eigenvalue weighted by Gasteiger charge is -2.32. The first-order chi connectivity index (χ1) is 15.8. The minimum Gasteiger partial charge on any atom is -0.358 e. The first kappa shape index (κ1) is 21.6. The second-order valence-corrected chi connectivity index (χ2v) is 9.85. The molecule has 3 aromatic rings. The van der Waals surface area contributed by atoms with Crippen molar-refractivity contribution in [3.8, 4) is 11.3 Å². The molecule has 2 N–H and O–H groups in total. The van der Waals surface area contributed by atoms with Gasteiger partial charge < -0.3 is 20.1 Å². The number of hydrogen-bond acceptors (Lipinski definition) is 5. The molecule has 0 aliphatic carbocycles. The summed E-state index contributed by atoms with van der Waals surface area (Å²) < 4.78 is 0. The van der Waals surface area contributed by atoms with E-state index in [1.54, 1.807) is 11.3 Å². The minimum absolute atomic E-state index is 0.0523. The predicted octanol–water partition coefficient (Wildman–Crippen LogP) is 3.94. The zero-order chi connectivity index (χ0) is 23.3. The Morgan fingerprint density at radius 2 is 1.91 bits per heavy atom. The quantitative estimate of drug-likeness (QED) is 0.579. The number of hydrogen-bond donors (Lipinski definition) is 2. The maximum absolute atomic E-state index is 13.2. The number of piperazine rings is 1. The Morgan fingerprint density at radius 1 is 1.15 bits per heavy atom. The number of carbonyl (C=O) groups excluding carboxylic acids is 2. The van der Waals surface area contributed by atoms with Gasteiger partial charge in [-0.25, -0.2) is 4.98 Å². The number of aryl methyl sites for hydroxylation is 2. The van der Waals surface area contributed by atoms with Crippen molar-refractivity contribution >= 4 is 40.5 Å². The third-order valence-electron chi connectivity index (χ3n) is 6.49. The van der Waals surface area contributed by atoms with Crippen LogP contribution in [0.15, 0.2) is 23.6 Å². The van der Waals surface area contributed by atoms with Crippen molar-refractivity contribution < 1.29 is 9.59 Å². The smallest absolute Gasteiger partial charge is 0.256 e. The van der Waals surface area contributed by atoms with Crippen molar-refractivity contribution in [2.75, 3.05) is 38.5 Å². The van der Waals surface area contributed by atoms with E-state index in [4.69, 9.17) is 0 Å². The molecule has 1 fully saturated rings. The van der Waals surface area contributed by atoms with Crippen LogP contribution in [0.1, 0.15) is 37.9 Å². The lowest BCUT2D eigenvalue weighted by molar-refractivity contribution is -0.110. The van der Waals surface area contributed by atoms with Crippen LogP contribution in [0.5, 0.6) is 0 Å². The number of nitrogens with zero attached hydrogens (tertiary/aromatic N) is 3. The molecule has 1 aromatic carbocycles. The maximum atomic E-state index is 13.2. The van der Waals surface area contributed by atoms with Crippen LogP contribution in [0, 0.1) is 20.8 Å². The van der Waals surface area contributed by atoms with E-state index in [9.17, 15) is 9.59 Å². The van der Waals surface area contributed by atoms with E-state index < -0.39 is 0 Å². The highest BCUT2D eigenvalue weighted by molar-refractivity contribution is 7.09. The summed E-state index contributed by atoms with van der Waals surface area (Å²) in [6.07, 6.45) is 1.86. The van der Waals surface area contributed by atoms with Crippen LogP contribution in [0.4, 0.5) is 5.69 Å². The van der Waals surface area contributed by atoms with Crippen LogP contribution >= 0.6 is 11.3 Å². The number of carbonyl (C=O) groups is 2. The number of anilines is 1. The summed E-state index contributed by atoms with van der Waals surface area (Å²) in [7, 11) is 2.07. The summed E-state index contributed by atoms with van der Waals surface area (Å²) in [5.74, 6) is -0.0910. The summed E-state index contributed by atoms with van der Waals surface area (Å²) in [6.45, 7) is 9.06.